The molecule has 1 aromatic rings. The van der Waals surface area contributed by atoms with Gasteiger partial charge in [-0.3, -0.25) is 0 Å². The second-order valence-electron chi connectivity index (χ2n) is 4.42. The largest absolute Gasteiger partial charge is 0.453 e. The highest BCUT2D eigenvalue weighted by atomic mass is 32.2. The number of carbonyl (C=O) groups excluding carboxylic acids is 1. The zero-order valence-corrected chi connectivity index (χ0v) is 12.5. The predicted molar refractivity (Wildman–Crippen MR) is 72.4 cm³/mol. The summed E-state index contributed by atoms with van der Waals surface area (Å²) in [5.74, 6) is -7.10. The molecule has 0 fully saturated rings. The number of halogens is 5. The molecule has 3 nitrogen and oxygen atoms in total. The van der Waals surface area contributed by atoms with Crippen LogP contribution in [0.4, 0.5) is 26.7 Å². The highest BCUT2D eigenvalue weighted by molar-refractivity contribution is 7.99. The molecule has 9 heteroatoms. The highest BCUT2D eigenvalue weighted by Crippen LogP contribution is 2.43. The zero-order valence-electron chi connectivity index (χ0n) is 11.7. The van der Waals surface area contributed by atoms with Crippen molar-refractivity contribution in [1.29, 1.82) is 0 Å². The number of benzene rings is 1. The van der Waals surface area contributed by atoms with Crippen LogP contribution in [0.2, 0.25) is 0 Å². The maximum Gasteiger partial charge on any atom is 0.453 e. The molecule has 0 radical (unpaired) electrons. The van der Waals surface area contributed by atoms with Crippen LogP contribution < -0.4 is 10.1 Å². The molecule has 1 aromatic carbocycles. The van der Waals surface area contributed by atoms with Gasteiger partial charge in [0, 0.05) is 18.7 Å². The third-order valence-electron chi connectivity index (χ3n) is 2.74. The Balaban J connectivity index is 2.78. The van der Waals surface area contributed by atoms with Crippen LogP contribution in [-0.2, 0) is 0 Å². The third kappa shape index (κ3) is 4.49. The summed E-state index contributed by atoms with van der Waals surface area (Å²) in [6.45, 7) is 0.822. The molecule has 0 aliphatic rings. The maximum absolute atomic E-state index is 13.2. The lowest BCUT2D eigenvalue weighted by Crippen LogP contribution is -2.43. The van der Waals surface area contributed by atoms with Crippen LogP contribution in [0.15, 0.2) is 29.2 Å². The Bertz CT molecular complexity index is 521. The summed E-state index contributed by atoms with van der Waals surface area (Å²) in [7, 11) is 1.34. The first-order chi connectivity index (χ1) is 10.1. The molecule has 1 rings (SSSR count). The first-order valence-corrected chi connectivity index (χ1v) is 7.14. The van der Waals surface area contributed by atoms with Crippen LogP contribution in [0.25, 0.3) is 0 Å². The second kappa shape index (κ2) is 7.17. The van der Waals surface area contributed by atoms with Crippen LogP contribution in [0.1, 0.15) is 6.92 Å². The van der Waals surface area contributed by atoms with Gasteiger partial charge in [-0.25, -0.2) is 4.79 Å². The summed E-state index contributed by atoms with van der Waals surface area (Å²) < 4.78 is 68.0. The molecule has 0 bridgehead atoms. The minimum absolute atomic E-state index is 0.0920. The summed E-state index contributed by atoms with van der Waals surface area (Å²) in [6.07, 6.45) is -6.35. The van der Waals surface area contributed by atoms with Crippen molar-refractivity contribution in [2.45, 2.75) is 23.9 Å². The fraction of sp³-hybridized carbons (Fsp3) is 0.462. The van der Waals surface area contributed by atoms with Crippen molar-refractivity contribution >= 4 is 17.9 Å². The minimum atomic E-state index is -5.59. The van der Waals surface area contributed by atoms with Gasteiger partial charge in [-0.05, 0) is 12.1 Å². The SMILES string of the molecule is CNC(=O)Oc1ccccc1SCC(C)C(F)(F)C(F)(F)F. The molecule has 124 valence electrons. The topological polar surface area (TPSA) is 38.3 Å². The van der Waals surface area contributed by atoms with Gasteiger partial charge in [-0.15, -0.1) is 11.8 Å². The number of hydrogen-bond acceptors (Lipinski definition) is 3. The number of rotatable bonds is 5. The number of ether oxygens (including phenoxy) is 1. The lowest BCUT2D eigenvalue weighted by molar-refractivity contribution is -0.297. The molecule has 1 N–H and O–H groups in total. The van der Waals surface area contributed by atoms with E-state index >= 15 is 0 Å². The molecule has 1 unspecified atom stereocenters. The van der Waals surface area contributed by atoms with Crippen molar-refractivity contribution < 1.29 is 31.5 Å². The molecular weight excluding hydrogens is 329 g/mol. The van der Waals surface area contributed by atoms with E-state index in [1.165, 1.54) is 19.2 Å². The van der Waals surface area contributed by atoms with Crippen LogP contribution in [0.5, 0.6) is 5.75 Å². The van der Waals surface area contributed by atoms with Crippen molar-refractivity contribution in [2.24, 2.45) is 5.92 Å². The average Bonchev–Trinajstić information content (AvgIpc) is 2.44. The monoisotopic (exact) mass is 343 g/mol. The number of para-hydroxylation sites is 1. The van der Waals surface area contributed by atoms with E-state index in [1.807, 2.05) is 0 Å². The van der Waals surface area contributed by atoms with Crippen molar-refractivity contribution in [3.63, 3.8) is 0 Å². The summed E-state index contributed by atoms with van der Waals surface area (Å²) in [4.78, 5) is 11.5. The lowest BCUT2D eigenvalue weighted by Gasteiger charge is -2.25. The lowest BCUT2D eigenvalue weighted by atomic mass is 10.1. The maximum atomic E-state index is 13.2. The molecule has 1 atom stereocenters. The van der Waals surface area contributed by atoms with Crippen LogP contribution in [0.3, 0.4) is 0 Å². The zero-order chi connectivity index (χ0) is 17.0. The number of nitrogens with one attached hydrogen (secondary N) is 1. The van der Waals surface area contributed by atoms with Crippen LogP contribution in [-0.4, -0.2) is 31.0 Å². The Morgan fingerprint density at radius 2 is 1.86 bits per heavy atom. The molecule has 0 saturated heterocycles. The Labute approximate surface area is 128 Å². The second-order valence-corrected chi connectivity index (χ2v) is 5.48. The molecule has 1 amide bonds. The highest BCUT2D eigenvalue weighted by Gasteiger charge is 2.60. The van der Waals surface area contributed by atoms with Gasteiger partial charge >= 0.3 is 18.2 Å². The standard InChI is InChI=1S/C13H14F5NO2S/c1-8(12(14,15)13(16,17)18)7-22-10-6-4-3-5-9(10)21-11(20)19-2/h3-6,8H,7H2,1-2H3,(H,19,20). The van der Waals surface area contributed by atoms with Gasteiger partial charge < -0.3 is 10.1 Å². The summed E-state index contributed by atoms with van der Waals surface area (Å²) >= 11 is 0.766. The molecule has 0 aliphatic carbocycles. The van der Waals surface area contributed by atoms with Gasteiger partial charge in [0.25, 0.3) is 0 Å². The first-order valence-electron chi connectivity index (χ1n) is 6.15. The van der Waals surface area contributed by atoms with Gasteiger partial charge in [0.15, 0.2) is 0 Å². The van der Waals surface area contributed by atoms with Gasteiger partial charge in [0.1, 0.15) is 5.75 Å². The van der Waals surface area contributed by atoms with E-state index in [-0.39, 0.29) is 5.75 Å². The van der Waals surface area contributed by atoms with Crippen LogP contribution >= 0.6 is 11.8 Å². The number of thioether (sulfide) groups is 1. The molecule has 0 aliphatic heterocycles. The smallest absolute Gasteiger partial charge is 0.409 e. The van der Waals surface area contributed by atoms with E-state index in [2.05, 4.69) is 5.32 Å². The Morgan fingerprint density at radius 3 is 2.41 bits per heavy atom. The van der Waals surface area contributed by atoms with Gasteiger partial charge in [-0.1, -0.05) is 19.1 Å². The molecule has 0 saturated carbocycles. The van der Waals surface area contributed by atoms with Crippen molar-refractivity contribution in [3.05, 3.63) is 24.3 Å². The molecule has 22 heavy (non-hydrogen) atoms. The summed E-state index contributed by atoms with van der Waals surface area (Å²) in [6, 6.07) is 6.01. The summed E-state index contributed by atoms with van der Waals surface area (Å²) in [5, 5.41) is 2.21. The molecule has 0 spiro atoms. The van der Waals surface area contributed by atoms with E-state index in [9.17, 15) is 26.7 Å². The first kappa shape index (κ1) is 18.5. The molecule has 0 heterocycles. The quantitative estimate of drug-likeness (QED) is 0.639. The van der Waals surface area contributed by atoms with E-state index < -0.39 is 29.9 Å². The number of carbonyl (C=O) groups is 1. The Hall–Kier alpha value is -1.51. The van der Waals surface area contributed by atoms with Crippen LogP contribution in [0, 0.1) is 5.92 Å². The normalized spacial score (nSPS) is 13.6. The van der Waals surface area contributed by atoms with Gasteiger partial charge in [0.05, 0.1) is 4.90 Å². The minimum Gasteiger partial charge on any atom is -0.409 e. The van der Waals surface area contributed by atoms with Crippen molar-refractivity contribution in [2.75, 3.05) is 12.8 Å². The van der Waals surface area contributed by atoms with E-state index in [0.717, 1.165) is 18.7 Å². The Morgan fingerprint density at radius 1 is 1.27 bits per heavy atom. The molecular formula is C13H14F5NO2S. The number of hydrogen-bond donors (Lipinski definition) is 1. The van der Waals surface area contributed by atoms with Gasteiger partial charge in [-0.2, -0.15) is 22.0 Å². The van der Waals surface area contributed by atoms with Crippen molar-refractivity contribution in [3.8, 4) is 5.75 Å². The van der Waals surface area contributed by atoms with E-state index in [1.54, 1.807) is 12.1 Å². The fourth-order valence-electron chi connectivity index (χ4n) is 1.40. The summed E-state index contributed by atoms with van der Waals surface area (Å²) in [5.41, 5.74) is 0. The molecule has 0 aromatic heterocycles. The van der Waals surface area contributed by atoms with E-state index in [0.29, 0.717) is 4.90 Å². The fourth-order valence-corrected chi connectivity index (χ4v) is 2.47. The van der Waals surface area contributed by atoms with Gasteiger partial charge in [0.2, 0.25) is 0 Å². The predicted octanol–water partition coefficient (Wildman–Crippen LogP) is 4.33. The average molecular weight is 343 g/mol. The Kier molecular flexibility index (Phi) is 6.04. The third-order valence-corrected chi connectivity index (χ3v) is 4.06. The number of amides is 1. The number of alkyl halides is 5. The van der Waals surface area contributed by atoms with E-state index in [4.69, 9.17) is 4.74 Å². The van der Waals surface area contributed by atoms with Crippen molar-refractivity contribution in [1.82, 2.24) is 5.32 Å².